The molecule has 0 aliphatic carbocycles. The van der Waals surface area contributed by atoms with Crippen LogP contribution in [0.3, 0.4) is 0 Å². The number of pyridine rings is 1. The lowest BCUT2D eigenvalue weighted by molar-refractivity contribution is -0.137. The predicted molar refractivity (Wildman–Crippen MR) is 93.8 cm³/mol. The summed E-state index contributed by atoms with van der Waals surface area (Å²) >= 11 is 6.03. The molecule has 0 saturated carbocycles. The van der Waals surface area contributed by atoms with Crippen molar-refractivity contribution in [2.75, 3.05) is 19.8 Å². The van der Waals surface area contributed by atoms with Crippen LogP contribution in [-0.4, -0.2) is 35.5 Å². The number of nitrogens with zero attached hydrogens (tertiary/aromatic N) is 2. The molecule has 3 rings (SSSR count). The summed E-state index contributed by atoms with van der Waals surface area (Å²) in [6, 6.07) is 13.2. The van der Waals surface area contributed by atoms with Crippen molar-refractivity contribution >= 4 is 17.5 Å². The van der Waals surface area contributed by atoms with Crippen molar-refractivity contribution in [1.29, 1.82) is 0 Å². The quantitative estimate of drug-likeness (QED) is 0.830. The fourth-order valence-electron chi connectivity index (χ4n) is 3.12. The highest BCUT2D eigenvalue weighted by Crippen LogP contribution is 2.30. The minimum Gasteiger partial charge on any atom is -0.381 e. The number of rotatable bonds is 5. The van der Waals surface area contributed by atoms with E-state index < -0.39 is 0 Å². The van der Waals surface area contributed by atoms with Gasteiger partial charge in [0.25, 0.3) is 0 Å². The van der Waals surface area contributed by atoms with E-state index in [9.17, 15) is 4.79 Å². The predicted octanol–water partition coefficient (Wildman–Crippen LogP) is 3.71. The average Bonchev–Trinajstić information content (AvgIpc) is 3.15. The van der Waals surface area contributed by atoms with Crippen molar-refractivity contribution in [3.63, 3.8) is 0 Å². The third-order valence-corrected chi connectivity index (χ3v) is 4.62. The maximum atomic E-state index is 13.0. The van der Waals surface area contributed by atoms with Gasteiger partial charge in [0.15, 0.2) is 0 Å². The summed E-state index contributed by atoms with van der Waals surface area (Å²) in [6.45, 7) is 3.77. The van der Waals surface area contributed by atoms with Gasteiger partial charge >= 0.3 is 0 Å². The van der Waals surface area contributed by atoms with Crippen LogP contribution < -0.4 is 0 Å². The van der Waals surface area contributed by atoms with Crippen LogP contribution in [0.2, 0.25) is 5.02 Å². The Balaban J connectivity index is 1.98. The van der Waals surface area contributed by atoms with Gasteiger partial charge in [-0.15, -0.1) is 0 Å². The molecule has 126 valence electrons. The van der Waals surface area contributed by atoms with Crippen LogP contribution in [-0.2, 0) is 9.53 Å². The Labute approximate surface area is 147 Å². The third-order valence-electron chi connectivity index (χ3n) is 4.37. The van der Waals surface area contributed by atoms with Crippen molar-refractivity contribution in [3.8, 4) is 0 Å². The highest BCUT2D eigenvalue weighted by molar-refractivity contribution is 6.30. The van der Waals surface area contributed by atoms with Crippen LogP contribution in [0.4, 0.5) is 0 Å². The molecule has 1 saturated heterocycles. The summed E-state index contributed by atoms with van der Waals surface area (Å²) in [4.78, 5) is 19.4. The highest BCUT2D eigenvalue weighted by Gasteiger charge is 2.33. The second-order valence-corrected chi connectivity index (χ2v) is 6.33. The molecule has 0 unspecified atom stereocenters. The van der Waals surface area contributed by atoms with Crippen molar-refractivity contribution in [2.45, 2.75) is 19.4 Å². The van der Waals surface area contributed by atoms with Crippen LogP contribution in [0.25, 0.3) is 0 Å². The maximum Gasteiger partial charge on any atom is 0.228 e. The fraction of sp³-hybridized carbons (Fsp3) is 0.368. The minimum atomic E-state index is -0.221. The van der Waals surface area contributed by atoms with Gasteiger partial charge in [-0.1, -0.05) is 29.8 Å². The molecule has 1 aliphatic rings. The zero-order valence-corrected chi connectivity index (χ0v) is 14.4. The topological polar surface area (TPSA) is 42.4 Å². The molecule has 1 aromatic carbocycles. The molecule has 5 heteroatoms. The maximum absolute atomic E-state index is 13.0. The number of carbonyl (C=O) groups is 1. The van der Waals surface area contributed by atoms with Gasteiger partial charge in [0.2, 0.25) is 5.91 Å². The normalized spacial score (nSPS) is 18.3. The summed E-state index contributed by atoms with van der Waals surface area (Å²) in [5.74, 6) is 0.0593. The highest BCUT2D eigenvalue weighted by atomic mass is 35.5. The Morgan fingerprint density at radius 3 is 2.71 bits per heavy atom. The Bertz CT molecular complexity index is 670. The van der Waals surface area contributed by atoms with E-state index in [4.69, 9.17) is 16.3 Å². The molecule has 0 radical (unpaired) electrons. The van der Waals surface area contributed by atoms with Crippen LogP contribution in [0.15, 0.2) is 48.7 Å². The minimum absolute atomic E-state index is 0.0662. The summed E-state index contributed by atoms with van der Waals surface area (Å²) in [6.07, 6.45) is 2.54. The number of benzene rings is 1. The monoisotopic (exact) mass is 344 g/mol. The first-order valence-corrected chi connectivity index (χ1v) is 8.63. The van der Waals surface area contributed by atoms with Crippen LogP contribution in [0.1, 0.15) is 30.6 Å². The summed E-state index contributed by atoms with van der Waals surface area (Å²) < 4.78 is 5.40. The summed E-state index contributed by atoms with van der Waals surface area (Å²) in [5.41, 5.74) is 1.86. The Hall–Kier alpha value is -1.91. The molecule has 0 N–H and O–H groups in total. The lowest BCUT2D eigenvalue weighted by Gasteiger charge is -2.32. The van der Waals surface area contributed by atoms with Gasteiger partial charge in [-0.2, -0.15) is 0 Å². The van der Waals surface area contributed by atoms with Gasteiger partial charge in [-0.3, -0.25) is 9.78 Å². The average molecular weight is 345 g/mol. The van der Waals surface area contributed by atoms with Crippen LogP contribution >= 0.6 is 11.6 Å². The molecular weight excluding hydrogens is 324 g/mol. The van der Waals surface area contributed by atoms with Crippen molar-refractivity contribution in [3.05, 3.63) is 64.9 Å². The van der Waals surface area contributed by atoms with E-state index in [1.807, 2.05) is 54.3 Å². The molecule has 0 bridgehead atoms. The van der Waals surface area contributed by atoms with Crippen LogP contribution in [0, 0.1) is 5.92 Å². The fourth-order valence-corrected chi connectivity index (χ4v) is 3.25. The number of ether oxygens (including phenoxy) is 1. The van der Waals surface area contributed by atoms with Gasteiger partial charge in [0.05, 0.1) is 24.3 Å². The van der Waals surface area contributed by atoms with Gasteiger partial charge in [-0.25, -0.2) is 0 Å². The molecule has 1 amide bonds. The summed E-state index contributed by atoms with van der Waals surface area (Å²) in [7, 11) is 0. The van der Waals surface area contributed by atoms with E-state index in [2.05, 4.69) is 4.98 Å². The number of hydrogen-bond donors (Lipinski definition) is 0. The SMILES string of the molecule is CCN(C(=O)[C@H]1CCOC1)[C@H](c1ccc(Cl)cc1)c1ccccn1. The third kappa shape index (κ3) is 3.60. The Morgan fingerprint density at radius 1 is 1.33 bits per heavy atom. The second-order valence-electron chi connectivity index (χ2n) is 5.89. The van der Waals surface area contributed by atoms with Gasteiger partial charge in [0, 0.05) is 24.4 Å². The number of halogens is 1. The van der Waals surface area contributed by atoms with E-state index in [-0.39, 0.29) is 17.9 Å². The number of hydrogen-bond acceptors (Lipinski definition) is 3. The van der Waals surface area contributed by atoms with Gasteiger partial charge in [0.1, 0.15) is 0 Å². The zero-order valence-electron chi connectivity index (χ0n) is 13.7. The van der Waals surface area contributed by atoms with Crippen LogP contribution in [0.5, 0.6) is 0 Å². The van der Waals surface area contributed by atoms with E-state index in [0.29, 0.717) is 24.8 Å². The molecule has 2 aromatic rings. The molecule has 2 heterocycles. The first-order chi connectivity index (χ1) is 11.7. The second kappa shape index (κ2) is 7.77. The molecule has 24 heavy (non-hydrogen) atoms. The van der Waals surface area contributed by atoms with E-state index in [1.165, 1.54) is 0 Å². The number of carbonyl (C=O) groups excluding carboxylic acids is 1. The first-order valence-electron chi connectivity index (χ1n) is 8.25. The standard InChI is InChI=1S/C19H21ClN2O2/c1-2-22(19(23)15-10-12-24-13-15)18(17-5-3-4-11-21-17)14-6-8-16(20)9-7-14/h3-9,11,15,18H,2,10,12-13H2,1H3/t15-,18+/m0/s1. The van der Waals surface area contributed by atoms with Crippen molar-refractivity contribution in [1.82, 2.24) is 9.88 Å². The van der Waals surface area contributed by atoms with Crippen molar-refractivity contribution < 1.29 is 9.53 Å². The zero-order chi connectivity index (χ0) is 16.9. The molecule has 0 spiro atoms. The molecule has 1 fully saturated rings. The van der Waals surface area contributed by atoms with E-state index >= 15 is 0 Å². The van der Waals surface area contributed by atoms with E-state index in [1.54, 1.807) is 6.20 Å². The molecule has 1 aromatic heterocycles. The number of amides is 1. The first kappa shape index (κ1) is 16.9. The Kier molecular flexibility index (Phi) is 5.48. The molecular formula is C19H21ClN2O2. The van der Waals surface area contributed by atoms with E-state index in [0.717, 1.165) is 17.7 Å². The number of aromatic nitrogens is 1. The molecule has 2 atom stereocenters. The Morgan fingerprint density at radius 2 is 2.12 bits per heavy atom. The lowest BCUT2D eigenvalue weighted by atomic mass is 9.98. The summed E-state index contributed by atoms with van der Waals surface area (Å²) in [5, 5.41) is 0.678. The lowest BCUT2D eigenvalue weighted by Crippen LogP contribution is -2.40. The molecule has 4 nitrogen and oxygen atoms in total. The van der Waals surface area contributed by atoms with Gasteiger partial charge < -0.3 is 9.64 Å². The van der Waals surface area contributed by atoms with Crippen molar-refractivity contribution in [2.24, 2.45) is 5.92 Å². The van der Waals surface area contributed by atoms with Gasteiger partial charge in [-0.05, 0) is 43.2 Å². The smallest absolute Gasteiger partial charge is 0.228 e. The molecule has 1 aliphatic heterocycles. The largest absolute Gasteiger partial charge is 0.381 e.